The molecule has 0 aromatic carbocycles. The zero-order chi connectivity index (χ0) is 15.7. The summed E-state index contributed by atoms with van der Waals surface area (Å²) >= 11 is 0. The number of carbonyl (C=O) groups is 1. The quantitative estimate of drug-likeness (QED) is 0.825. The number of likely N-dealkylation sites (N-methyl/N-ethyl adjacent to an activating group) is 1. The van der Waals surface area contributed by atoms with Crippen molar-refractivity contribution in [3.8, 4) is 0 Å². The average molecular weight is 306 g/mol. The highest BCUT2D eigenvalue weighted by atomic mass is 16.5. The van der Waals surface area contributed by atoms with Crippen molar-refractivity contribution >= 4 is 5.91 Å². The number of carbonyl (C=O) groups excluding carboxylic acids is 1. The third kappa shape index (κ3) is 2.90. The molecule has 0 saturated heterocycles. The number of aromatic nitrogens is 2. The van der Waals surface area contributed by atoms with Gasteiger partial charge in [0.2, 0.25) is 5.91 Å². The fourth-order valence-corrected chi connectivity index (χ4v) is 3.28. The predicted molar refractivity (Wildman–Crippen MR) is 83.3 cm³/mol. The summed E-state index contributed by atoms with van der Waals surface area (Å²) < 4.78 is 7.81. The fourth-order valence-electron chi connectivity index (χ4n) is 3.28. The minimum Gasteiger partial charge on any atom is -0.365 e. The lowest BCUT2D eigenvalue weighted by atomic mass is 9.90. The first kappa shape index (κ1) is 15.5. The number of nitrogens with zero attached hydrogens (tertiary/aromatic N) is 4. The standard InChI is InChI=1S/C16H26N4O2/c1-12-16-17-9-14(10-22-11-15(21)18(2)3)20(16)8-7-19(12)13-5-4-6-13/h9,12-13H,4-8,10-11H2,1-3H3/t12-/m0/s1. The molecule has 3 rings (SSSR count). The van der Waals surface area contributed by atoms with E-state index in [1.54, 1.807) is 19.0 Å². The molecule has 1 aromatic heterocycles. The van der Waals surface area contributed by atoms with E-state index in [0.29, 0.717) is 12.6 Å². The third-order valence-electron chi connectivity index (χ3n) is 4.94. The minimum atomic E-state index is -0.0112. The molecule has 1 aliphatic carbocycles. The van der Waals surface area contributed by atoms with E-state index in [4.69, 9.17) is 4.74 Å². The normalized spacial score (nSPS) is 22.2. The van der Waals surface area contributed by atoms with E-state index in [0.717, 1.165) is 30.6 Å². The predicted octanol–water partition coefficient (Wildman–Crippen LogP) is 1.42. The van der Waals surface area contributed by atoms with E-state index in [9.17, 15) is 4.79 Å². The molecular weight excluding hydrogens is 280 g/mol. The second-order valence-corrected chi connectivity index (χ2v) is 6.54. The molecule has 1 aliphatic heterocycles. The van der Waals surface area contributed by atoms with Crippen molar-refractivity contribution in [3.05, 3.63) is 17.7 Å². The van der Waals surface area contributed by atoms with Gasteiger partial charge in [-0.25, -0.2) is 4.98 Å². The van der Waals surface area contributed by atoms with Gasteiger partial charge in [0.15, 0.2) is 0 Å². The fraction of sp³-hybridized carbons (Fsp3) is 0.750. The Morgan fingerprint density at radius 1 is 1.41 bits per heavy atom. The summed E-state index contributed by atoms with van der Waals surface area (Å²) in [5.74, 6) is 1.12. The second-order valence-electron chi connectivity index (χ2n) is 6.54. The maximum Gasteiger partial charge on any atom is 0.248 e. The zero-order valence-electron chi connectivity index (χ0n) is 13.8. The Morgan fingerprint density at radius 2 is 2.18 bits per heavy atom. The highest BCUT2D eigenvalue weighted by Crippen LogP contribution is 2.34. The molecule has 6 heteroatoms. The van der Waals surface area contributed by atoms with Gasteiger partial charge in [0.05, 0.1) is 24.5 Å². The summed E-state index contributed by atoms with van der Waals surface area (Å²) in [4.78, 5) is 20.3. The molecule has 1 aromatic rings. The molecule has 0 unspecified atom stereocenters. The van der Waals surface area contributed by atoms with Gasteiger partial charge in [0.25, 0.3) is 0 Å². The second kappa shape index (κ2) is 6.38. The van der Waals surface area contributed by atoms with Crippen LogP contribution >= 0.6 is 0 Å². The van der Waals surface area contributed by atoms with E-state index < -0.39 is 0 Å². The maximum absolute atomic E-state index is 11.5. The number of hydrogen-bond donors (Lipinski definition) is 0. The van der Waals surface area contributed by atoms with Crippen LogP contribution in [0.4, 0.5) is 0 Å². The van der Waals surface area contributed by atoms with Crippen LogP contribution in [-0.2, 0) is 22.7 Å². The molecular formula is C16H26N4O2. The Kier molecular flexibility index (Phi) is 4.49. The van der Waals surface area contributed by atoms with Gasteiger partial charge in [-0.2, -0.15) is 0 Å². The first-order valence-corrected chi connectivity index (χ1v) is 8.16. The Balaban J connectivity index is 1.61. The number of amides is 1. The minimum absolute atomic E-state index is 0.0112. The van der Waals surface area contributed by atoms with Gasteiger partial charge in [0.1, 0.15) is 12.4 Å². The van der Waals surface area contributed by atoms with Crippen LogP contribution in [0.5, 0.6) is 0 Å². The van der Waals surface area contributed by atoms with Crippen LogP contribution in [0.2, 0.25) is 0 Å². The smallest absolute Gasteiger partial charge is 0.248 e. The molecule has 0 bridgehead atoms. The summed E-state index contributed by atoms with van der Waals surface area (Å²) in [6.07, 6.45) is 5.92. The van der Waals surface area contributed by atoms with Crippen LogP contribution in [0.25, 0.3) is 0 Å². The van der Waals surface area contributed by atoms with E-state index in [2.05, 4.69) is 21.4 Å². The third-order valence-corrected chi connectivity index (χ3v) is 4.94. The van der Waals surface area contributed by atoms with Crippen molar-refractivity contribution in [1.82, 2.24) is 19.4 Å². The van der Waals surface area contributed by atoms with Crippen molar-refractivity contribution in [2.24, 2.45) is 0 Å². The molecule has 0 spiro atoms. The van der Waals surface area contributed by atoms with E-state index >= 15 is 0 Å². The average Bonchev–Trinajstić information content (AvgIpc) is 2.83. The van der Waals surface area contributed by atoms with Gasteiger partial charge in [0, 0.05) is 33.2 Å². The molecule has 122 valence electrons. The summed E-state index contributed by atoms with van der Waals surface area (Å²) in [7, 11) is 3.48. The Morgan fingerprint density at radius 3 is 2.82 bits per heavy atom. The van der Waals surface area contributed by atoms with Crippen molar-refractivity contribution in [2.45, 2.75) is 51.4 Å². The topological polar surface area (TPSA) is 50.6 Å². The SMILES string of the molecule is C[C@H]1c2ncc(COCC(=O)N(C)C)n2CCN1C1CCC1. The first-order chi connectivity index (χ1) is 10.6. The number of rotatable bonds is 5. The molecule has 2 aliphatic rings. The van der Waals surface area contributed by atoms with Gasteiger partial charge >= 0.3 is 0 Å². The molecule has 2 heterocycles. The van der Waals surface area contributed by atoms with Crippen LogP contribution in [0.1, 0.15) is 43.7 Å². The molecule has 0 radical (unpaired) electrons. The number of fused-ring (bicyclic) bond motifs is 1. The van der Waals surface area contributed by atoms with Gasteiger partial charge in [-0.3, -0.25) is 9.69 Å². The van der Waals surface area contributed by atoms with Crippen LogP contribution in [0.15, 0.2) is 6.20 Å². The summed E-state index contributed by atoms with van der Waals surface area (Å²) in [5, 5.41) is 0. The molecule has 1 saturated carbocycles. The van der Waals surface area contributed by atoms with Gasteiger partial charge in [-0.05, 0) is 19.8 Å². The van der Waals surface area contributed by atoms with Crippen LogP contribution in [0, 0.1) is 0 Å². The maximum atomic E-state index is 11.5. The molecule has 1 atom stereocenters. The van der Waals surface area contributed by atoms with E-state index in [1.807, 2.05) is 6.20 Å². The number of ether oxygens (including phenoxy) is 1. The summed E-state index contributed by atoms with van der Waals surface area (Å²) in [6.45, 7) is 4.87. The molecule has 22 heavy (non-hydrogen) atoms. The van der Waals surface area contributed by atoms with Gasteiger partial charge in [-0.15, -0.1) is 0 Å². The van der Waals surface area contributed by atoms with Crippen molar-refractivity contribution in [1.29, 1.82) is 0 Å². The van der Waals surface area contributed by atoms with E-state index in [1.165, 1.54) is 19.3 Å². The lowest BCUT2D eigenvalue weighted by Gasteiger charge is -2.43. The first-order valence-electron chi connectivity index (χ1n) is 8.16. The highest BCUT2D eigenvalue weighted by molar-refractivity contribution is 5.76. The Bertz CT molecular complexity index is 536. The van der Waals surface area contributed by atoms with Crippen LogP contribution in [0.3, 0.4) is 0 Å². The van der Waals surface area contributed by atoms with Crippen molar-refractivity contribution in [3.63, 3.8) is 0 Å². The van der Waals surface area contributed by atoms with Crippen LogP contribution < -0.4 is 0 Å². The van der Waals surface area contributed by atoms with Gasteiger partial charge in [-0.1, -0.05) is 6.42 Å². The monoisotopic (exact) mass is 306 g/mol. The summed E-state index contributed by atoms with van der Waals surface area (Å²) in [5.41, 5.74) is 1.07. The largest absolute Gasteiger partial charge is 0.365 e. The van der Waals surface area contributed by atoms with Gasteiger partial charge < -0.3 is 14.2 Å². The van der Waals surface area contributed by atoms with Crippen molar-refractivity contribution in [2.75, 3.05) is 27.2 Å². The van der Waals surface area contributed by atoms with Crippen LogP contribution in [-0.4, -0.2) is 58.5 Å². The molecule has 0 N–H and O–H groups in total. The number of imidazole rings is 1. The highest BCUT2D eigenvalue weighted by Gasteiger charge is 2.34. The molecule has 1 amide bonds. The van der Waals surface area contributed by atoms with Crippen molar-refractivity contribution < 1.29 is 9.53 Å². The Labute approximate surface area is 132 Å². The lowest BCUT2D eigenvalue weighted by molar-refractivity contribution is -0.134. The molecule has 1 fully saturated rings. The molecule has 6 nitrogen and oxygen atoms in total. The number of hydrogen-bond acceptors (Lipinski definition) is 4. The zero-order valence-corrected chi connectivity index (χ0v) is 13.8. The lowest BCUT2D eigenvalue weighted by Crippen LogP contribution is -2.47. The Hall–Kier alpha value is -1.40. The van der Waals surface area contributed by atoms with E-state index in [-0.39, 0.29) is 12.5 Å². The summed E-state index contributed by atoms with van der Waals surface area (Å²) in [6, 6.07) is 1.12.